The maximum Gasteiger partial charge on any atom is 0.0138 e. The maximum atomic E-state index is 3.33. The molecule has 0 saturated carbocycles. The van der Waals surface area contributed by atoms with Crippen molar-refractivity contribution in [1.29, 1.82) is 0 Å². The summed E-state index contributed by atoms with van der Waals surface area (Å²) in [6.45, 7) is 5.83. The third-order valence-electron chi connectivity index (χ3n) is 3.69. The van der Waals surface area contributed by atoms with Crippen LogP contribution in [0.3, 0.4) is 0 Å². The third kappa shape index (κ3) is 3.26. The molecule has 2 unspecified atom stereocenters. The van der Waals surface area contributed by atoms with Gasteiger partial charge in [0.25, 0.3) is 0 Å². The topological polar surface area (TPSA) is 12.0 Å². The van der Waals surface area contributed by atoms with Crippen LogP contribution < -0.4 is 5.32 Å². The molecule has 1 heterocycles. The molecule has 1 aliphatic rings. The Morgan fingerprint density at radius 1 is 1.35 bits per heavy atom. The summed E-state index contributed by atoms with van der Waals surface area (Å²) in [4.78, 5) is 1.50. The van der Waals surface area contributed by atoms with E-state index < -0.39 is 0 Å². The van der Waals surface area contributed by atoms with Gasteiger partial charge in [-0.3, -0.25) is 0 Å². The number of hydrogen-bond acceptors (Lipinski definition) is 2. The lowest BCUT2D eigenvalue weighted by molar-refractivity contribution is 0.346. The van der Waals surface area contributed by atoms with Gasteiger partial charge >= 0.3 is 0 Å². The summed E-state index contributed by atoms with van der Waals surface area (Å²) in [7, 11) is 2.06. The third-order valence-corrected chi connectivity index (χ3v) is 5.03. The molecule has 0 radical (unpaired) electrons. The van der Waals surface area contributed by atoms with Gasteiger partial charge in [-0.1, -0.05) is 32.0 Å². The van der Waals surface area contributed by atoms with Crippen LogP contribution in [0, 0.1) is 11.8 Å². The lowest BCUT2D eigenvalue weighted by Gasteiger charge is -2.23. The summed E-state index contributed by atoms with van der Waals surface area (Å²) in [6.07, 6.45) is 2.59. The highest BCUT2D eigenvalue weighted by Crippen LogP contribution is 2.40. The van der Waals surface area contributed by atoms with Crippen molar-refractivity contribution < 1.29 is 0 Å². The van der Waals surface area contributed by atoms with E-state index in [0.717, 1.165) is 23.6 Å². The molecule has 1 aliphatic heterocycles. The monoisotopic (exact) mass is 249 g/mol. The highest BCUT2D eigenvalue weighted by Gasteiger charge is 2.25. The fourth-order valence-corrected chi connectivity index (χ4v) is 4.00. The highest BCUT2D eigenvalue weighted by atomic mass is 32.2. The Hall–Kier alpha value is -0.470. The Morgan fingerprint density at radius 2 is 2.12 bits per heavy atom. The average Bonchev–Trinajstić information content (AvgIpc) is 2.70. The molecule has 94 valence electrons. The van der Waals surface area contributed by atoms with Crippen molar-refractivity contribution in [2.24, 2.45) is 11.8 Å². The Kier molecular flexibility index (Phi) is 4.52. The molecule has 0 spiro atoms. The maximum absolute atomic E-state index is 3.33. The van der Waals surface area contributed by atoms with Crippen LogP contribution in [0.1, 0.15) is 25.8 Å². The first-order chi connectivity index (χ1) is 8.20. The van der Waals surface area contributed by atoms with Crippen LogP contribution in [-0.2, 0) is 6.42 Å². The van der Waals surface area contributed by atoms with Crippen molar-refractivity contribution in [2.45, 2.75) is 36.8 Å². The van der Waals surface area contributed by atoms with Crippen LogP contribution in [0.5, 0.6) is 0 Å². The minimum atomic E-state index is 0.770. The van der Waals surface area contributed by atoms with Crippen molar-refractivity contribution >= 4 is 11.8 Å². The smallest absolute Gasteiger partial charge is 0.0138 e. The first kappa shape index (κ1) is 13.0. The van der Waals surface area contributed by atoms with Crippen LogP contribution in [0.25, 0.3) is 0 Å². The van der Waals surface area contributed by atoms with Gasteiger partial charge in [-0.25, -0.2) is 0 Å². The predicted octanol–water partition coefficient (Wildman–Crippen LogP) is 3.59. The average molecular weight is 249 g/mol. The van der Waals surface area contributed by atoms with Crippen molar-refractivity contribution in [2.75, 3.05) is 13.6 Å². The fraction of sp³-hybridized carbons (Fsp3) is 0.600. The SMILES string of the molecule is CNCC(CC1Cc2ccccc2S1)C(C)C. The molecule has 0 amide bonds. The first-order valence-electron chi connectivity index (χ1n) is 6.60. The van der Waals surface area contributed by atoms with Gasteiger partial charge in [0.1, 0.15) is 0 Å². The lowest BCUT2D eigenvalue weighted by Crippen LogP contribution is -2.26. The largest absolute Gasteiger partial charge is 0.319 e. The van der Waals surface area contributed by atoms with E-state index in [0.29, 0.717) is 0 Å². The van der Waals surface area contributed by atoms with Gasteiger partial charge < -0.3 is 5.32 Å². The molecular weight excluding hydrogens is 226 g/mol. The predicted molar refractivity (Wildman–Crippen MR) is 76.7 cm³/mol. The van der Waals surface area contributed by atoms with Gasteiger partial charge in [0.05, 0.1) is 0 Å². The highest BCUT2D eigenvalue weighted by molar-refractivity contribution is 8.00. The van der Waals surface area contributed by atoms with Gasteiger partial charge in [0.2, 0.25) is 0 Å². The van der Waals surface area contributed by atoms with Crippen molar-refractivity contribution in [1.82, 2.24) is 5.32 Å². The molecule has 0 aliphatic carbocycles. The molecule has 1 N–H and O–H groups in total. The zero-order valence-corrected chi connectivity index (χ0v) is 11.9. The standard InChI is InChI=1S/C15H23NS/c1-11(2)13(10-16-3)9-14-8-12-6-4-5-7-15(12)17-14/h4-7,11,13-14,16H,8-10H2,1-3H3. The number of nitrogens with one attached hydrogen (secondary N) is 1. The Bertz CT molecular complexity index is 337. The van der Waals surface area contributed by atoms with Crippen LogP contribution in [-0.4, -0.2) is 18.8 Å². The van der Waals surface area contributed by atoms with Gasteiger partial charge in [-0.15, -0.1) is 11.8 Å². The summed E-state index contributed by atoms with van der Waals surface area (Å²) < 4.78 is 0. The van der Waals surface area contributed by atoms with Crippen molar-refractivity contribution in [3.8, 4) is 0 Å². The zero-order valence-electron chi connectivity index (χ0n) is 11.1. The van der Waals surface area contributed by atoms with E-state index in [9.17, 15) is 0 Å². The molecule has 2 rings (SSSR count). The molecular formula is C15H23NS. The zero-order chi connectivity index (χ0) is 12.3. The van der Waals surface area contributed by atoms with Gasteiger partial charge in [-0.2, -0.15) is 0 Å². The Morgan fingerprint density at radius 3 is 2.76 bits per heavy atom. The summed E-state index contributed by atoms with van der Waals surface area (Å²) >= 11 is 2.08. The molecule has 0 fully saturated rings. The van der Waals surface area contributed by atoms with E-state index in [1.54, 1.807) is 5.56 Å². The van der Waals surface area contributed by atoms with E-state index in [2.05, 4.69) is 62.2 Å². The molecule has 2 atom stereocenters. The molecule has 0 aromatic heterocycles. The van der Waals surface area contributed by atoms with Gasteiger partial charge in [0.15, 0.2) is 0 Å². The Balaban J connectivity index is 1.94. The first-order valence-corrected chi connectivity index (χ1v) is 7.47. The van der Waals surface area contributed by atoms with E-state index in [4.69, 9.17) is 0 Å². The van der Waals surface area contributed by atoms with Crippen LogP contribution in [0.15, 0.2) is 29.2 Å². The second-order valence-electron chi connectivity index (χ2n) is 5.35. The normalized spacial score (nSPS) is 20.6. The van der Waals surface area contributed by atoms with Crippen LogP contribution >= 0.6 is 11.8 Å². The van der Waals surface area contributed by atoms with Crippen LogP contribution in [0.2, 0.25) is 0 Å². The lowest BCUT2D eigenvalue weighted by atomic mass is 9.89. The minimum Gasteiger partial charge on any atom is -0.319 e. The van der Waals surface area contributed by atoms with Crippen LogP contribution in [0.4, 0.5) is 0 Å². The molecule has 1 aromatic carbocycles. The van der Waals surface area contributed by atoms with E-state index in [1.165, 1.54) is 17.7 Å². The molecule has 17 heavy (non-hydrogen) atoms. The van der Waals surface area contributed by atoms with E-state index in [1.807, 2.05) is 0 Å². The van der Waals surface area contributed by atoms with Gasteiger partial charge in [0, 0.05) is 10.1 Å². The summed E-state index contributed by atoms with van der Waals surface area (Å²) in [5.41, 5.74) is 1.55. The Labute approximate surface area is 109 Å². The van der Waals surface area contributed by atoms with Crippen molar-refractivity contribution in [3.63, 3.8) is 0 Å². The number of rotatable bonds is 5. The number of benzene rings is 1. The number of fused-ring (bicyclic) bond motifs is 1. The summed E-state index contributed by atoms with van der Waals surface area (Å²) in [6, 6.07) is 8.87. The molecule has 0 bridgehead atoms. The van der Waals surface area contributed by atoms with Gasteiger partial charge in [-0.05, 0) is 49.9 Å². The summed E-state index contributed by atoms with van der Waals surface area (Å²) in [5, 5.41) is 4.12. The number of hydrogen-bond donors (Lipinski definition) is 1. The minimum absolute atomic E-state index is 0.770. The van der Waals surface area contributed by atoms with E-state index in [-0.39, 0.29) is 0 Å². The second kappa shape index (κ2) is 5.92. The molecule has 1 aromatic rings. The van der Waals surface area contributed by atoms with E-state index >= 15 is 0 Å². The number of thioether (sulfide) groups is 1. The van der Waals surface area contributed by atoms with Crippen molar-refractivity contribution in [3.05, 3.63) is 29.8 Å². The second-order valence-corrected chi connectivity index (χ2v) is 6.69. The molecule has 1 nitrogen and oxygen atoms in total. The summed E-state index contributed by atoms with van der Waals surface area (Å²) in [5.74, 6) is 1.57. The fourth-order valence-electron chi connectivity index (χ4n) is 2.58. The molecule has 0 saturated heterocycles. The quantitative estimate of drug-likeness (QED) is 0.856. The molecule has 2 heteroatoms.